The van der Waals surface area contributed by atoms with Gasteiger partial charge in [0.15, 0.2) is 0 Å². The topological polar surface area (TPSA) is 138 Å². The van der Waals surface area contributed by atoms with E-state index in [1.54, 1.807) is 18.2 Å². The number of carbonyl (C=O) groups excluding carboxylic acids is 1. The molecule has 1 amide bonds. The number of hydrogen-bond donors (Lipinski definition) is 3. The number of aromatic nitrogens is 1. The summed E-state index contributed by atoms with van der Waals surface area (Å²) in [7, 11) is -7.69. The molecule has 0 spiro atoms. The maximum absolute atomic E-state index is 13.8. The smallest absolute Gasteiger partial charge is 0.380 e. The zero-order valence-corrected chi connectivity index (χ0v) is 25.9. The van der Waals surface area contributed by atoms with Crippen molar-refractivity contribution in [2.75, 3.05) is 29.4 Å². The van der Waals surface area contributed by atoms with Crippen LogP contribution in [-0.4, -0.2) is 63.5 Å². The van der Waals surface area contributed by atoms with Gasteiger partial charge >= 0.3 is 6.18 Å². The molecule has 1 aliphatic heterocycles. The molecule has 1 aliphatic rings. The Balaban J connectivity index is 1.48. The molecule has 0 saturated carbocycles. The highest BCUT2D eigenvalue weighted by atomic mass is 35.5. The first-order valence-corrected chi connectivity index (χ1v) is 17.2. The van der Waals surface area contributed by atoms with E-state index in [0.29, 0.717) is 5.39 Å². The number of anilines is 2. The van der Waals surface area contributed by atoms with Crippen molar-refractivity contribution in [3.8, 4) is 0 Å². The second-order valence-electron chi connectivity index (χ2n) is 10.6. The lowest BCUT2D eigenvalue weighted by atomic mass is 10.0. The third-order valence-corrected chi connectivity index (χ3v) is 9.67. The van der Waals surface area contributed by atoms with Crippen LogP contribution in [0.1, 0.15) is 22.5 Å². The molecule has 5 rings (SSSR count). The number of nitrogens with zero attached hydrogens (tertiary/aromatic N) is 2. The Labute approximate surface area is 262 Å². The molecule has 10 nitrogen and oxygen atoms in total. The molecule has 0 bridgehead atoms. The first kappa shape index (κ1) is 32.5. The van der Waals surface area contributed by atoms with Crippen molar-refractivity contribution >= 4 is 59.8 Å². The zero-order valence-electron chi connectivity index (χ0n) is 23.5. The number of rotatable bonds is 8. The summed E-state index contributed by atoms with van der Waals surface area (Å²) in [6.45, 7) is -0.248. The van der Waals surface area contributed by atoms with E-state index in [2.05, 4.69) is 20.3 Å². The van der Waals surface area contributed by atoms with E-state index < -0.39 is 49.9 Å². The van der Waals surface area contributed by atoms with Gasteiger partial charge in [0.25, 0.3) is 5.91 Å². The van der Waals surface area contributed by atoms with Crippen LogP contribution in [0.15, 0.2) is 83.8 Å². The van der Waals surface area contributed by atoms with Gasteiger partial charge in [-0.3, -0.25) is 9.52 Å². The summed E-state index contributed by atoms with van der Waals surface area (Å²) in [5, 5.41) is 6.43. The number of sulfonamides is 2. The molecule has 3 aromatic carbocycles. The number of halogens is 4. The molecular weight excluding hydrogens is 655 g/mol. The van der Waals surface area contributed by atoms with Crippen molar-refractivity contribution in [3.63, 3.8) is 0 Å². The van der Waals surface area contributed by atoms with Crippen LogP contribution in [0, 0.1) is 0 Å². The second-order valence-corrected chi connectivity index (χ2v) is 14.7. The second kappa shape index (κ2) is 12.5. The molecular formula is C29H27ClF3N5O5S2. The van der Waals surface area contributed by atoms with Crippen LogP contribution >= 0.6 is 11.6 Å². The summed E-state index contributed by atoms with van der Waals surface area (Å²) < 4.78 is 95.3. The van der Waals surface area contributed by atoms with Crippen LogP contribution in [0.2, 0.25) is 5.02 Å². The van der Waals surface area contributed by atoms with E-state index in [4.69, 9.17) is 11.6 Å². The number of hydrogen-bond acceptors (Lipinski definition) is 7. The average Bonchev–Trinajstić information content (AvgIpc) is 2.96. The molecule has 3 N–H and O–H groups in total. The predicted molar refractivity (Wildman–Crippen MR) is 165 cm³/mol. The first-order chi connectivity index (χ1) is 21.1. The normalized spacial score (nSPS) is 18.0. The summed E-state index contributed by atoms with van der Waals surface area (Å²) in [6, 6.07) is 16.9. The Bertz CT molecular complexity index is 1960. The maximum atomic E-state index is 13.8. The number of carbonyl (C=O) groups is 1. The van der Waals surface area contributed by atoms with Crippen LogP contribution in [0.25, 0.3) is 10.9 Å². The van der Waals surface area contributed by atoms with Gasteiger partial charge in [0.2, 0.25) is 20.0 Å². The van der Waals surface area contributed by atoms with Crippen molar-refractivity contribution in [1.82, 2.24) is 14.6 Å². The van der Waals surface area contributed by atoms with E-state index >= 15 is 0 Å². The Kier molecular flexibility index (Phi) is 8.99. The van der Waals surface area contributed by atoms with Gasteiger partial charge < -0.3 is 10.6 Å². The van der Waals surface area contributed by atoms with Gasteiger partial charge in [-0.2, -0.15) is 17.5 Å². The van der Waals surface area contributed by atoms with E-state index in [-0.39, 0.29) is 51.9 Å². The molecule has 2 atom stereocenters. The Morgan fingerprint density at radius 2 is 1.64 bits per heavy atom. The average molecular weight is 682 g/mol. The lowest BCUT2D eigenvalue weighted by molar-refractivity contribution is -0.140. The quantitative estimate of drug-likeness (QED) is 0.239. The molecule has 0 aliphatic carbocycles. The molecule has 238 valence electrons. The van der Waals surface area contributed by atoms with Crippen molar-refractivity contribution in [2.45, 2.75) is 29.6 Å². The number of benzene rings is 3. The number of alkyl halides is 3. The number of nitrogens with one attached hydrogen (secondary N) is 3. The maximum Gasteiger partial charge on any atom is 0.433 e. The number of fused-ring (bicyclic) bond motifs is 1. The van der Waals surface area contributed by atoms with E-state index in [1.807, 2.05) is 0 Å². The number of piperidine rings is 1. The lowest BCUT2D eigenvalue weighted by Crippen LogP contribution is -2.55. The Hall–Kier alpha value is -3.92. The van der Waals surface area contributed by atoms with Crippen LogP contribution in [-0.2, 0) is 26.2 Å². The Morgan fingerprint density at radius 3 is 2.33 bits per heavy atom. The van der Waals surface area contributed by atoms with Crippen LogP contribution in [0.5, 0.6) is 0 Å². The summed E-state index contributed by atoms with van der Waals surface area (Å²) in [6.07, 6.45) is -3.65. The van der Waals surface area contributed by atoms with E-state index in [0.717, 1.165) is 16.6 Å². The van der Waals surface area contributed by atoms with Gasteiger partial charge in [-0.1, -0.05) is 35.9 Å². The number of pyridine rings is 1. The number of amides is 1. The van der Waals surface area contributed by atoms with Gasteiger partial charge in [-0.15, -0.1) is 0 Å². The summed E-state index contributed by atoms with van der Waals surface area (Å²) in [5.41, 5.74) is -0.792. The van der Waals surface area contributed by atoms with Crippen molar-refractivity contribution in [2.24, 2.45) is 0 Å². The molecule has 1 fully saturated rings. The fourth-order valence-corrected chi connectivity index (χ4v) is 7.37. The Morgan fingerprint density at radius 1 is 0.933 bits per heavy atom. The molecule has 1 aromatic heterocycles. The standard InChI is InChI=1S/C29H27ClF3N5O5S2/c1-44(40,41)37-20-7-5-6-18(12-20)28(39)35-22-14-21(16-38(17-22)45(42,43)23-8-3-2-4-9-23)34-26-15-27(29(31,32)33)36-25-11-10-19(30)13-24(25)26/h2-13,15,21-22,37H,14,16-17H2,1H3,(H,34,36)(H,35,39)/t21-,22+/m1/s1. The minimum atomic E-state index is -4.75. The SMILES string of the molecule is CS(=O)(=O)Nc1cccc(C(=O)N[C@H]2C[C@@H](Nc3cc(C(F)(F)F)nc4ccc(Cl)cc34)CN(S(=O)(=O)c3ccccc3)C2)c1. The highest BCUT2D eigenvalue weighted by Gasteiger charge is 2.37. The minimum absolute atomic E-state index is 0.00998. The summed E-state index contributed by atoms with van der Waals surface area (Å²) >= 11 is 6.15. The molecule has 0 unspecified atom stereocenters. The highest BCUT2D eigenvalue weighted by Crippen LogP contribution is 2.35. The summed E-state index contributed by atoms with van der Waals surface area (Å²) in [4.78, 5) is 17.0. The molecule has 1 saturated heterocycles. The molecule has 0 radical (unpaired) electrons. The van der Waals surface area contributed by atoms with Gasteiger partial charge in [-0.25, -0.2) is 21.8 Å². The third-order valence-electron chi connectivity index (χ3n) is 6.98. The van der Waals surface area contributed by atoms with Gasteiger partial charge in [-0.05, 0) is 61.0 Å². The van der Waals surface area contributed by atoms with Crippen LogP contribution in [0.4, 0.5) is 24.5 Å². The fourth-order valence-electron chi connectivity index (χ4n) is 5.09. The van der Waals surface area contributed by atoms with E-state index in [9.17, 15) is 34.8 Å². The summed E-state index contributed by atoms with van der Waals surface area (Å²) in [5.74, 6) is -0.602. The van der Waals surface area contributed by atoms with Gasteiger partial charge in [0.05, 0.1) is 16.7 Å². The molecule has 4 aromatic rings. The van der Waals surface area contributed by atoms with Crippen molar-refractivity contribution in [3.05, 3.63) is 95.1 Å². The van der Waals surface area contributed by atoms with Crippen molar-refractivity contribution < 1.29 is 34.8 Å². The van der Waals surface area contributed by atoms with E-state index in [1.165, 1.54) is 54.6 Å². The third kappa shape index (κ3) is 7.84. The molecule has 45 heavy (non-hydrogen) atoms. The van der Waals surface area contributed by atoms with Gasteiger partial charge in [0.1, 0.15) is 5.69 Å². The molecule has 2 heterocycles. The largest absolute Gasteiger partial charge is 0.433 e. The molecule has 16 heteroatoms. The highest BCUT2D eigenvalue weighted by molar-refractivity contribution is 7.92. The zero-order chi connectivity index (χ0) is 32.6. The first-order valence-electron chi connectivity index (χ1n) is 13.5. The minimum Gasteiger partial charge on any atom is -0.380 e. The fraction of sp³-hybridized carbons (Fsp3) is 0.241. The van der Waals surface area contributed by atoms with Gasteiger partial charge in [0, 0.05) is 52.5 Å². The predicted octanol–water partition coefficient (Wildman–Crippen LogP) is 4.95. The van der Waals surface area contributed by atoms with Crippen LogP contribution in [0.3, 0.4) is 0 Å². The lowest BCUT2D eigenvalue weighted by Gasteiger charge is -2.38. The monoisotopic (exact) mass is 681 g/mol. The van der Waals surface area contributed by atoms with Crippen molar-refractivity contribution in [1.29, 1.82) is 0 Å². The van der Waals surface area contributed by atoms with Crippen LogP contribution < -0.4 is 15.4 Å².